The topological polar surface area (TPSA) is 66.6 Å². The lowest BCUT2D eigenvalue weighted by atomic mass is 9.89. The maximum atomic E-state index is 11.2. The highest BCUT2D eigenvalue weighted by atomic mass is 16.4. The molecule has 0 aromatic rings. The van der Waals surface area contributed by atoms with Gasteiger partial charge in [0.05, 0.1) is 0 Å². The molecule has 0 saturated carbocycles. The largest absolute Gasteiger partial charge is 0.480 e. The van der Waals surface area contributed by atoms with E-state index in [2.05, 4.69) is 18.7 Å². The van der Waals surface area contributed by atoms with E-state index in [1.807, 2.05) is 0 Å². The number of nitrogens with zero attached hydrogens (tertiary/aromatic N) is 1. The Bertz CT molecular complexity index is 244. The van der Waals surface area contributed by atoms with Gasteiger partial charge in [-0.25, -0.2) is 0 Å². The predicted octanol–water partition coefficient (Wildman–Crippen LogP) is 1.55. The van der Waals surface area contributed by atoms with Gasteiger partial charge in [-0.3, -0.25) is 9.69 Å². The molecule has 4 heteroatoms. The second-order valence-corrected chi connectivity index (χ2v) is 5.40. The molecule has 1 aliphatic heterocycles. The van der Waals surface area contributed by atoms with Crippen molar-refractivity contribution < 1.29 is 9.90 Å². The first-order valence-corrected chi connectivity index (χ1v) is 6.73. The van der Waals surface area contributed by atoms with Crippen LogP contribution in [0.5, 0.6) is 0 Å². The zero-order valence-corrected chi connectivity index (χ0v) is 11.1. The van der Waals surface area contributed by atoms with Crippen LogP contribution in [0, 0.1) is 11.8 Å². The fourth-order valence-electron chi connectivity index (χ4n) is 2.74. The minimum absolute atomic E-state index is 0.383. The monoisotopic (exact) mass is 242 g/mol. The van der Waals surface area contributed by atoms with Crippen molar-refractivity contribution >= 4 is 5.97 Å². The molecular weight excluding hydrogens is 216 g/mol. The average Bonchev–Trinajstić information content (AvgIpc) is 2.50. The molecule has 0 radical (unpaired) electrons. The maximum Gasteiger partial charge on any atom is 0.320 e. The number of aliphatic carboxylic acids is 1. The molecule has 0 bridgehead atoms. The molecule has 1 aliphatic rings. The summed E-state index contributed by atoms with van der Waals surface area (Å²) in [5.41, 5.74) is 5.50. The van der Waals surface area contributed by atoms with Gasteiger partial charge in [0.2, 0.25) is 0 Å². The first-order valence-electron chi connectivity index (χ1n) is 6.73. The molecule has 0 spiro atoms. The highest BCUT2D eigenvalue weighted by Gasteiger charge is 2.27. The maximum absolute atomic E-state index is 11.2. The lowest BCUT2D eigenvalue weighted by Gasteiger charge is -2.27. The lowest BCUT2D eigenvalue weighted by molar-refractivity contribution is -0.143. The standard InChI is InChI=1S/C13H26N2O2/c1-10(2)11-4-3-8-15(9-6-11)12(5-7-14)13(16)17/h10-12H,3-9,14H2,1-2H3,(H,16,17). The van der Waals surface area contributed by atoms with Crippen LogP contribution in [0.1, 0.15) is 39.5 Å². The van der Waals surface area contributed by atoms with Crippen molar-refractivity contribution in [2.24, 2.45) is 17.6 Å². The van der Waals surface area contributed by atoms with Crippen LogP contribution < -0.4 is 5.73 Å². The van der Waals surface area contributed by atoms with Crippen LogP contribution in [0.3, 0.4) is 0 Å². The number of carbonyl (C=O) groups is 1. The third-order valence-electron chi connectivity index (χ3n) is 3.92. The summed E-state index contributed by atoms with van der Waals surface area (Å²) < 4.78 is 0. The van der Waals surface area contributed by atoms with Crippen molar-refractivity contribution in [1.82, 2.24) is 4.90 Å². The van der Waals surface area contributed by atoms with Crippen LogP contribution in [0.2, 0.25) is 0 Å². The molecule has 4 nitrogen and oxygen atoms in total. The van der Waals surface area contributed by atoms with Gasteiger partial charge in [-0.2, -0.15) is 0 Å². The van der Waals surface area contributed by atoms with E-state index in [4.69, 9.17) is 5.73 Å². The van der Waals surface area contributed by atoms with Crippen LogP contribution in [-0.2, 0) is 4.79 Å². The van der Waals surface area contributed by atoms with Crippen LogP contribution in [-0.4, -0.2) is 41.7 Å². The molecule has 0 aliphatic carbocycles. The zero-order chi connectivity index (χ0) is 12.8. The van der Waals surface area contributed by atoms with Gasteiger partial charge >= 0.3 is 5.97 Å². The van der Waals surface area contributed by atoms with Crippen molar-refractivity contribution in [3.05, 3.63) is 0 Å². The van der Waals surface area contributed by atoms with E-state index in [-0.39, 0.29) is 6.04 Å². The molecule has 1 saturated heterocycles. The van der Waals surface area contributed by atoms with Crippen molar-refractivity contribution in [3.63, 3.8) is 0 Å². The van der Waals surface area contributed by atoms with Crippen molar-refractivity contribution in [1.29, 1.82) is 0 Å². The van der Waals surface area contributed by atoms with Gasteiger partial charge in [0.1, 0.15) is 6.04 Å². The molecule has 2 atom stereocenters. The van der Waals surface area contributed by atoms with E-state index in [0.717, 1.165) is 31.8 Å². The molecule has 1 fully saturated rings. The molecule has 100 valence electrons. The predicted molar refractivity (Wildman–Crippen MR) is 68.8 cm³/mol. The van der Waals surface area contributed by atoms with E-state index in [9.17, 15) is 9.90 Å². The molecule has 1 heterocycles. The van der Waals surface area contributed by atoms with Crippen molar-refractivity contribution in [2.75, 3.05) is 19.6 Å². The van der Waals surface area contributed by atoms with E-state index in [1.54, 1.807) is 0 Å². The Kier molecular flexibility index (Phi) is 5.92. The minimum Gasteiger partial charge on any atom is -0.480 e. The molecule has 0 aromatic heterocycles. The Balaban J connectivity index is 2.56. The Labute approximate surface area is 104 Å². The summed E-state index contributed by atoms with van der Waals surface area (Å²) in [6.45, 7) is 6.77. The SMILES string of the molecule is CC(C)C1CCCN(C(CCN)C(=O)O)CC1. The Hall–Kier alpha value is -0.610. The van der Waals surface area contributed by atoms with Gasteiger partial charge in [0.25, 0.3) is 0 Å². The van der Waals surface area contributed by atoms with Gasteiger partial charge in [-0.1, -0.05) is 13.8 Å². The van der Waals surface area contributed by atoms with Crippen LogP contribution >= 0.6 is 0 Å². The summed E-state index contributed by atoms with van der Waals surface area (Å²) in [5, 5.41) is 9.23. The highest BCUT2D eigenvalue weighted by Crippen LogP contribution is 2.25. The van der Waals surface area contributed by atoms with Crippen LogP contribution in [0.4, 0.5) is 0 Å². The fourth-order valence-corrected chi connectivity index (χ4v) is 2.74. The first-order chi connectivity index (χ1) is 8.06. The Morgan fingerprint density at radius 1 is 1.41 bits per heavy atom. The van der Waals surface area contributed by atoms with E-state index < -0.39 is 5.97 Å². The first kappa shape index (κ1) is 14.5. The van der Waals surface area contributed by atoms with Gasteiger partial charge in [-0.05, 0) is 57.2 Å². The second-order valence-electron chi connectivity index (χ2n) is 5.40. The minimum atomic E-state index is -0.724. The molecular formula is C13H26N2O2. The third kappa shape index (κ3) is 4.28. The summed E-state index contributed by atoms with van der Waals surface area (Å²) in [4.78, 5) is 13.3. The second kappa shape index (κ2) is 6.97. The molecule has 2 unspecified atom stereocenters. The molecule has 0 amide bonds. The quantitative estimate of drug-likeness (QED) is 0.767. The highest BCUT2D eigenvalue weighted by molar-refractivity contribution is 5.73. The Morgan fingerprint density at radius 3 is 2.65 bits per heavy atom. The van der Waals surface area contributed by atoms with E-state index >= 15 is 0 Å². The average molecular weight is 242 g/mol. The number of nitrogens with two attached hydrogens (primary N) is 1. The summed E-state index contributed by atoms with van der Waals surface area (Å²) in [7, 11) is 0. The third-order valence-corrected chi connectivity index (χ3v) is 3.92. The van der Waals surface area contributed by atoms with Crippen LogP contribution in [0.15, 0.2) is 0 Å². The number of hydrogen-bond donors (Lipinski definition) is 2. The van der Waals surface area contributed by atoms with Gasteiger partial charge < -0.3 is 10.8 Å². The zero-order valence-electron chi connectivity index (χ0n) is 11.1. The number of rotatable bonds is 5. The fraction of sp³-hybridized carbons (Fsp3) is 0.923. The number of carboxylic acids is 1. The normalized spacial score (nSPS) is 24.6. The van der Waals surface area contributed by atoms with Gasteiger partial charge in [0.15, 0.2) is 0 Å². The lowest BCUT2D eigenvalue weighted by Crippen LogP contribution is -2.43. The molecule has 1 rings (SSSR count). The smallest absolute Gasteiger partial charge is 0.320 e. The van der Waals surface area contributed by atoms with E-state index in [1.165, 1.54) is 6.42 Å². The van der Waals surface area contributed by atoms with E-state index in [0.29, 0.717) is 18.9 Å². The summed E-state index contributed by atoms with van der Waals surface area (Å²) in [6.07, 6.45) is 4.01. The molecule has 3 N–H and O–H groups in total. The summed E-state index contributed by atoms with van der Waals surface area (Å²) in [5.74, 6) is 0.721. The number of hydrogen-bond acceptors (Lipinski definition) is 3. The Morgan fingerprint density at radius 2 is 2.12 bits per heavy atom. The summed E-state index contributed by atoms with van der Waals surface area (Å²) in [6, 6.07) is -0.383. The van der Waals surface area contributed by atoms with Gasteiger partial charge in [-0.15, -0.1) is 0 Å². The van der Waals surface area contributed by atoms with Crippen molar-refractivity contribution in [3.8, 4) is 0 Å². The molecule has 17 heavy (non-hydrogen) atoms. The summed E-state index contributed by atoms with van der Waals surface area (Å²) >= 11 is 0. The van der Waals surface area contributed by atoms with Crippen LogP contribution in [0.25, 0.3) is 0 Å². The molecule has 0 aromatic carbocycles. The van der Waals surface area contributed by atoms with Crippen molar-refractivity contribution in [2.45, 2.75) is 45.6 Å². The number of carboxylic acid groups (broad SMARTS) is 1. The number of likely N-dealkylation sites (tertiary alicyclic amines) is 1. The van der Waals surface area contributed by atoms with Gasteiger partial charge in [0, 0.05) is 0 Å².